The zero-order chi connectivity index (χ0) is 14.8. The van der Waals surface area contributed by atoms with Gasteiger partial charge in [0.15, 0.2) is 5.82 Å². The summed E-state index contributed by atoms with van der Waals surface area (Å²) in [5, 5.41) is 0.583. The minimum Gasteiger partial charge on any atom is -0.307 e. The number of pyridine rings is 1. The molecule has 1 heterocycles. The Labute approximate surface area is 125 Å². The van der Waals surface area contributed by atoms with Crippen LogP contribution in [0.25, 0.3) is 0 Å². The fourth-order valence-electron chi connectivity index (χ4n) is 1.49. The van der Waals surface area contributed by atoms with E-state index in [1.54, 1.807) is 6.07 Å². The van der Waals surface area contributed by atoms with Crippen LogP contribution in [0.2, 0.25) is 10.0 Å². The van der Waals surface area contributed by atoms with E-state index in [0.29, 0.717) is 5.02 Å². The van der Waals surface area contributed by atoms with E-state index in [0.717, 1.165) is 0 Å². The molecule has 2 rings (SSSR count). The Kier molecular flexibility index (Phi) is 4.34. The summed E-state index contributed by atoms with van der Waals surface area (Å²) >= 11 is 11.7. The molecular formula is C11H10Cl2N4O2S. The van der Waals surface area contributed by atoms with E-state index < -0.39 is 10.0 Å². The van der Waals surface area contributed by atoms with Crippen molar-refractivity contribution in [2.45, 2.75) is 4.90 Å². The number of nitrogens with one attached hydrogen (secondary N) is 2. The highest BCUT2D eigenvalue weighted by Gasteiger charge is 2.20. The number of sulfonamides is 1. The van der Waals surface area contributed by atoms with Gasteiger partial charge in [0.25, 0.3) is 10.0 Å². The molecular weight excluding hydrogens is 323 g/mol. The molecule has 1 aromatic heterocycles. The van der Waals surface area contributed by atoms with Crippen molar-refractivity contribution >= 4 is 44.7 Å². The first-order chi connectivity index (χ1) is 9.44. The van der Waals surface area contributed by atoms with Crippen LogP contribution in [-0.4, -0.2) is 13.4 Å². The molecule has 0 bridgehead atoms. The van der Waals surface area contributed by atoms with Crippen molar-refractivity contribution in [3.8, 4) is 0 Å². The maximum Gasteiger partial charge on any atom is 0.265 e. The summed E-state index contributed by atoms with van der Waals surface area (Å²) in [6.07, 6.45) is 1.42. The van der Waals surface area contributed by atoms with Gasteiger partial charge in [-0.25, -0.2) is 19.2 Å². The molecule has 0 amide bonds. The van der Waals surface area contributed by atoms with Crippen LogP contribution in [0.4, 0.5) is 11.5 Å². The van der Waals surface area contributed by atoms with Crippen molar-refractivity contribution in [1.29, 1.82) is 0 Å². The van der Waals surface area contributed by atoms with E-state index in [4.69, 9.17) is 29.0 Å². The second-order valence-electron chi connectivity index (χ2n) is 3.72. The largest absolute Gasteiger partial charge is 0.307 e. The highest BCUT2D eigenvalue weighted by atomic mass is 35.5. The number of hydrogen-bond acceptors (Lipinski definition) is 5. The maximum absolute atomic E-state index is 12.3. The quantitative estimate of drug-likeness (QED) is 0.590. The van der Waals surface area contributed by atoms with Gasteiger partial charge in [-0.3, -0.25) is 4.72 Å². The highest BCUT2D eigenvalue weighted by Crippen LogP contribution is 2.28. The summed E-state index contributed by atoms with van der Waals surface area (Å²) in [6, 6.07) is 7.30. The lowest BCUT2D eigenvalue weighted by Gasteiger charge is -2.12. The van der Waals surface area contributed by atoms with Gasteiger partial charge in [-0.1, -0.05) is 23.2 Å². The lowest BCUT2D eigenvalue weighted by atomic mass is 10.3. The molecule has 0 saturated heterocycles. The number of hydrazine groups is 1. The minimum absolute atomic E-state index is 0.0261. The van der Waals surface area contributed by atoms with Gasteiger partial charge in [0, 0.05) is 11.2 Å². The number of anilines is 2. The molecule has 0 radical (unpaired) electrons. The van der Waals surface area contributed by atoms with Gasteiger partial charge in [-0.2, -0.15) is 0 Å². The third-order valence-electron chi connectivity index (χ3n) is 2.37. The van der Waals surface area contributed by atoms with E-state index in [2.05, 4.69) is 15.1 Å². The Morgan fingerprint density at radius 3 is 2.65 bits per heavy atom. The Morgan fingerprint density at radius 1 is 1.20 bits per heavy atom. The standard InChI is InChI=1S/C11H10Cl2N4O2S/c12-7-3-4-8(13)9(6-7)17-20(18,19)10-2-1-5-15-11(10)16-14/h1-6,17H,14H2,(H,15,16). The van der Waals surface area contributed by atoms with Crippen molar-refractivity contribution < 1.29 is 8.42 Å². The van der Waals surface area contributed by atoms with Gasteiger partial charge in [0.1, 0.15) is 4.90 Å². The van der Waals surface area contributed by atoms with Gasteiger partial charge >= 0.3 is 0 Å². The van der Waals surface area contributed by atoms with Crippen molar-refractivity contribution in [2.24, 2.45) is 5.84 Å². The fourth-order valence-corrected chi connectivity index (χ4v) is 3.08. The molecule has 0 aliphatic heterocycles. The average Bonchev–Trinajstić information content (AvgIpc) is 2.42. The predicted octanol–water partition coefficient (Wildman–Crippen LogP) is 2.47. The number of nitrogens with two attached hydrogens (primary N) is 1. The SMILES string of the molecule is NNc1ncccc1S(=O)(=O)Nc1cc(Cl)ccc1Cl. The highest BCUT2D eigenvalue weighted by molar-refractivity contribution is 7.92. The summed E-state index contributed by atoms with van der Waals surface area (Å²) in [4.78, 5) is 3.73. The second kappa shape index (κ2) is 5.84. The maximum atomic E-state index is 12.3. The minimum atomic E-state index is -3.89. The van der Waals surface area contributed by atoms with Crippen LogP contribution in [-0.2, 0) is 10.0 Å². The molecule has 6 nitrogen and oxygen atoms in total. The van der Waals surface area contributed by atoms with Gasteiger partial charge < -0.3 is 5.43 Å². The molecule has 0 saturated carbocycles. The zero-order valence-electron chi connectivity index (χ0n) is 9.97. The van der Waals surface area contributed by atoms with E-state index in [-0.39, 0.29) is 21.4 Å². The third kappa shape index (κ3) is 3.13. The molecule has 0 fully saturated rings. The molecule has 4 N–H and O–H groups in total. The summed E-state index contributed by atoms with van der Waals surface area (Å²) < 4.78 is 26.9. The third-order valence-corrected chi connectivity index (χ3v) is 4.33. The van der Waals surface area contributed by atoms with Crippen molar-refractivity contribution in [2.75, 3.05) is 10.1 Å². The van der Waals surface area contributed by atoms with Crippen molar-refractivity contribution in [1.82, 2.24) is 4.98 Å². The normalized spacial score (nSPS) is 11.2. The molecule has 1 aromatic carbocycles. The molecule has 0 aliphatic rings. The number of nitrogen functional groups attached to an aromatic ring is 1. The predicted molar refractivity (Wildman–Crippen MR) is 79.3 cm³/mol. The average molecular weight is 333 g/mol. The summed E-state index contributed by atoms with van der Waals surface area (Å²) in [5.74, 6) is 5.27. The molecule has 0 aliphatic carbocycles. The van der Waals surface area contributed by atoms with E-state index >= 15 is 0 Å². The molecule has 9 heteroatoms. The van der Waals surface area contributed by atoms with Crippen LogP contribution in [0.5, 0.6) is 0 Å². The van der Waals surface area contributed by atoms with Gasteiger partial charge in [0.2, 0.25) is 0 Å². The van der Waals surface area contributed by atoms with Crippen LogP contribution in [0.3, 0.4) is 0 Å². The van der Waals surface area contributed by atoms with Crippen molar-refractivity contribution in [3.63, 3.8) is 0 Å². The van der Waals surface area contributed by atoms with Gasteiger partial charge in [-0.15, -0.1) is 0 Å². The number of rotatable bonds is 4. The number of nitrogens with zero attached hydrogens (tertiary/aromatic N) is 1. The zero-order valence-corrected chi connectivity index (χ0v) is 12.3. The van der Waals surface area contributed by atoms with Crippen LogP contribution in [0, 0.1) is 0 Å². The summed E-state index contributed by atoms with van der Waals surface area (Å²) in [7, 11) is -3.89. The first-order valence-electron chi connectivity index (χ1n) is 5.33. The van der Waals surface area contributed by atoms with Gasteiger partial charge in [-0.05, 0) is 30.3 Å². The summed E-state index contributed by atoms with van der Waals surface area (Å²) in [5.41, 5.74) is 2.40. The first kappa shape index (κ1) is 14.9. The van der Waals surface area contributed by atoms with Crippen LogP contribution in [0.1, 0.15) is 0 Å². The Morgan fingerprint density at radius 2 is 1.95 bits per heavy atom. The molecule has 2 aromatic rings. The number of aromatic nitrogens is 1. The lowest BCUT2D eigenvalue weighted by molar-refractivity contribution is 0.601. The Balaban J connectivity index is 2.43. The monoisotopic (exact) mass is 332 g/mol. The topological polar surface area (TPSA) is 97.1 Å². The van der Waals surface area contributed by atoms with Gasteiger partial charge in [0.05, 0.1) is 10.7 Å². The van der Waals surface area contributed by atoms with Crippen molar-refractivity contribution in [3.05, 3.63) is 46.6 Å². The summed E-state index contributed by atoms with van der Waals surface area (Å²) in [6.45, 7) is 0. The molecule has 0 unspecified atom stereocenters. The number of hydrogen-bond donors (Lipinski definition) is 3. The Hall–Kier alpha value is -1.54. The molecule has 20 heavy (non-hydrogen) atoms. The van der Waals surface area contributed by atoms with E-state index in [1.807, 2.05) is 0 Å². The fraction of sp³-hybridized carbons (Fsp3) is 0. The van der Waals surface area contributed by atoms with E-state index in [1.165, 1.54) is 30.5 Å². The first-order valence-corrected chi connectivity index (χ1v) is 7.57. The number of benzene rings is 1. The van der Waals surface area contributed by atoms with Crippen LogP contribution >= 0.6 is 23.2 Å². The lowest BCUT2D eigenvalue weighted by Crippen LogP contribution is -2.18. The molecule has 0 spiro atoms. The van der Waals surface area contributed by atoms with Crippen LogP contribution < -0.4 is 16.0 Å². The van der Waals surface area contributed by atoms with Crippen LogP contribution in [0.15, 0.2) is 41.4 Å². The van der Waals surface area contributed by atoms with E-state index in [9.17, 15) is 8.42 Å². The molecule has 0 atom stereocenters. The Bertz CT molecular complexity index is 737. The molecule has 106 valence electrons. The smallest absolute Gasteiger partial charge is 0.265 e. The second-order valence-corrected chi connectivity index (χ2v) is 6.22. The number of halogens is 2.